The zero-order valence-electron chi connectivity index (χ0n) is 12.0. The molecule has 0 unspecified atom stereocenters. The lowest BCUT2D eigenvalue weighted by molar-refractivity contribution is -0.230. The quantitative estimate of drug-likeness (QED) is 0.856. The minimum atomic E-state index is -1.62. The number of hydrogen-bond acceptors (Lipinski definition) is 6. The third-order valence-corrected chi connectivity index (χ3v) is 5.04. The summed E-state index contributed by atoms with van der Waals surface area (Å²) in [5, 5.41) is 20.1. The Hall–Kier alpha value is -2.12. The van der Waals surface area contributed by atoms with Crippen LogP contribution in [0.3, 0.4) is 0 Å². The summed E-state index contributed by atoms with van der Waals surface area (Å²) < 4.78 is 10.8. The summed E-state index contributed by atoms with van der Waals surface area (Å²) >= 11 is 6.25. The van der Waals surface area contributed by atoms with Crippen LogP contribution in [0.4, 0.5) is 0 Å². The van der Waals surface area contributed by atoms with Gasteiger partial charge in [-0.3, -0.25) is 0 Å². The standard InChI is InChI=1S/C15H13ClN4O2/c1-21-15(22-2)14(8-18)11(9-5-3-4-6-10(9)16)13(14,7-17)12(19)20-15/h3-6,11H,1-2H3,(H2,19,20)/t11-,13-,14+/m0/s1. The number of halogens is 1. The van der Waals surface area contributed by atoms with Crippen molar-refractivity contribution in [2.45, 2.75) is 11.8 Å². The molecule has 1 aliphatic carbocycles. The Labute approximate surface area is 132 Å². The number of nitrogens with zero attached hydrogens (tertiary/aromatic N) is 3. The largest absolute Gasteiger partial charge is 0.386 e. The molecule has 1 heterocycles. The normalized spacial score (nSPS) is 34.2. The number of ether oxygens (including phenoxy) is 2. The topological polar surface area (TPSA) is 104 Å². The van der Waals surface area contributed by atoms with E-state index in [0.29, 0.717) is 10.6 Å². The number of rotatable bonds is 3. The van der Waals surface area contributed by atoms with Crippen LogP contribution in [0.2, 0.25) is 5.02 Å². The molecule has 1 aliphatic heterocycles. The van der Waals surface area contributed by atoms with Crippen molar-refractivity contribution in [1.29, 1.82) is 10.5 Å². The van der Waals surface area contributed by atoms with E-state index in [-0.39, 0.29) is 5.84 Å². The van der Waals surface area contributed by atoms with Crippen molar-refractivity contribution < 1.29 is 9.47 Å². The highest BCUT2D eigenvalue weighted by molar-refractivity contribution is 6.31. The van der Waals surface area contributed by atoms with Gasteiger partial charge in [0.1, 0.15) is 11.3 Å². The van der Waals surface area contributed by atoms with Crippen LogP contribution in [0.5, 0.6) is 0 Å². The summed E-state index contributed by atoms with van der Waals surface area (Å²) in [4.78, 5) is 4.14. The lowest BCUT2D eigenvalue weighted by atomic mass is 9.93. The number of amidine groups is 1. The van der Waals surface area contributed by atoms with Gasteiger partial charge in [0.15, 0.2) is 5.41 Å². The second kappa shape index (κ2) is 4.44. The molecular weight excluding hydrogens is 304 g/mol. The number of nitriles is 2. The smallest absolute Gasteiger partial charge is 0.292 e. The molecule has 0 spiro atoms. The van der Waals surface area contributed by atoms with Crippen LogP contribution in [-0.2, 0) is 9.47 Å². The van der Waals surface area contributed by atoms with Gasteiger partial charge in [-0.2, -0.15) is 10.5 Å². The van der Waals surface area contributed by atoms with E-state index in [4.69, 9.17) is 26.8 Å². The van der Waals surface area contributed by atoms with E-state index in [1.807, 2.05) is 0 Å². The highest BCUT2D eigenvalue weighted by Gasteiger charge is 2.93. The van der Waals surface area contributed by atoms with Crippen molar-refractivity contribution in [1.82, 2.24) is 0 Å². The van der Waals surface area contributed by atoms with Gasteiger partial charge in [0, 0.05) is 25.2 Å². The first-order valence-corrected chi connectivity index (χ1v) is 6.92. The average Bonchev–Trinajstić information content (AvgIpc) is 3.10. The molecule has 0 radical (unpaired) electrons. The van der Waals surface area contributed by atoms with E-state index in [1.165, 1.54) is 14.2 Å². The highest BCUT2D eigenvalue weighted by Crippen LogP contribution is 2.82. The maximum absolute atomic E-state index is 9.87. The molecule has 22 heavy (non-hydrogen) atoms. The van der Waals surface area contributed by atoms with Crippen LogP contribution in [0.15, 0.2) is 29.3 Å². The fourth-order valence-corrected chi connectivity index (χ4v) is 3.94. The first-order chi connectivity index (χ1) is 10.5. The molecule has 1 aromatic carbocycles. The fourth-order valence-electron chi connectivity index (χ4n) is 3.70. The Kier molecular flexibility index (Phi) is 2.99. The van der Waals surface area contributed by atoms with E-state index in [1.54, 1.807) is 24.3 Å². The van der Waals surface area contributed by atoms with E-state index in [0.717, 1.165) is 0 Å². The average molecular weight is 317 g/mol. The predicted molar refractivity (Wildman–Crippen MR) is 78.7 cm³/mol. The van der Waals surface area contributed by atoms with Crippen LogP contribution in [0.1, 0.15) is 11.5 Å². The summed E-state index contributed by atoms with van der Waals surface area (Å²) in [7, 11) is 2.74. The first-order valence-electron chi connectivity index (χ1n) is 6.54. The van der Waals surface area contributed by atoms with Gasteiger partial charge in [-0.05, 0) is 11.6 Å². The van der Waals surface area contributed by atoms with Crippen molar-refractivity contribution in [2.75, 3.05) is 14.2 Å². The zero-order valence-corrected chi connectivity index (χ0v) is 12.8. The van der Waals surface area contributed by atoms with Gasteiger partial charge in [-0.1, -0.05) is 29.8 Å². The van der Waals surface area contributed by atoms with Gasteiger partial charge in [0.25, 0.3) is 5.91 Å². The summed E-state index contributed by atoms with van der Waals surface area (Å²) in [6.45, 7) is 0. The number of benzene rings is 1. The molecule has 0 bridgehead atoms. The van der Waals surface area contributed by atoms with Crippen LogP contribution >= 0.6 is 11.6 Å². The number of aliphatic imine (C=N–C) groups is 1. The summed E-state index contributed by atoms with van der Waals surface area (Å²) in [6, 6.07) is 11.4. The maximum atomic E-state index is 9.87. The predicted octanol–water partition coefficient (Wildman–Crippen LogP) is 1.77. The molecule has 7 heteroatoms. The Bertz CT molecular complexity index is 762. The Balaban J connectivity index is 2.29. The molecule has 6 nitrogen and oxygen atoms in total. The second-order valence-electron chi connectivity index (χ2n) is 5.28. The molecule has 3 atom stereocenters. The van der Waals surface area contributed by atoms with Crippen molar-refractivity contribution in [3.63, 3.8) is 0 Å². The SMILES string of the molecule is COC1(OC)N=C(N)[C@]2(C#N)[C@H](c3ccccc3Cl)[C@@]12C#N. The van der Waals surface area contributed by atoms with Gasteiger partial charge < -0.3 is 15.2 Å². The molecule has 1 fully saturated rings. The van der Waals surface area contributed by atoms with Crippen LogP contribution in [0, 0.1) is 33.5 Å². The molecule has 0 aromatic heterocycles. The Morgan fingerprint density at radius 3 is 2.36 bits per heavy atom. The van der Waals surface area contributed by atoms with E-state index in [2.05, 4.69) is 17.1 Å². The van der Waals surface area contributed by atoms with E-state index < -0.39 is 22.7 Å². The maximum Gasteiger partial charge on any atom is 0.292 e. The van der Waals surface area contributed by atoms with Gasteiger partial charge in [0.2, 0.25) is 0 Å². The molecule has 1 saturated carbocycles. The minimum Gasteiger partial charge on any atom is -0.386 e. The van der Waals surface area contributed by atoms with Gasteiger partial charge >= 0.3 is 0 Å². The van der Waals surface area contributed by atoms with Gasteiger partial charge in [-0.25, -0.2) is 4.99 Å². The molecular formula is C15H13ClN4O2. The van der Waals surface area contributed by atoms with Crippen LogP contribution in [0.25, 0.3) is 0 Å². The molecule has 2 aliphatic rings. The van der Waals surface area contributed by atoms with E-state index >= 15 is 0 Å². The summed E-state index contributed by atoms with van der Waals surface area (Å²) in [5.41, 5.74) is 3.99. The highest BCUT2D eigenvalue weighted by atomic mass is 35.5. The molecule has 0 saturated heterocycles. The molecule has 112 valence electrons. The molecule has 3 rings (SSSR count). The Morgan fingerprint density at radius 1 is 1.23 bits per heavy atom. The number of nitrogens with two attached hydrogens (primary N) is 1. The lowest BCUT2D eigenvalue weighted by Crippen LogP contribution is -2.41. The van der Waals surface area contributed by atoms with Crippen molar-refractivity contribution in [2.24, 2.45) is 21.6 Å². The third kappa shape index (κ3) is 1.25. The van der Waals surface area contributed by atoms with Crippen molar-refractivity contribution in [3.8, 4) is 12.1 Å². The Morgan fingerprint density at radius 2 is 1.86 bits per heavy atom. The zero-order chi connectivity index (χ0) is 16.2. The summed E-state index contributed by atoms with van der Waals surface area (Å²) in [5.74, 6) is -2.16. The summed E-state index contributed by atoms with van der Waals surface area (Å²) in [6.07, 6.45) is 0. The number of methoxy groups -OCH3 is 2. The van der Waals surface area contributed by atoms with Crippen molar-refractivity contribution >= 4 is 17.4 Å². The second-order valence-corrected chi connectivity index (χ2v) is 5.69. The van der Waals surface area contributed by atoms with Crippen LogP contribution in [-0.4, -0.2) is 26.0 Å². The molecule has 2 N–H and O–H groups in total. The molecule has 0 amide bonds. The van der Waals surface area contributed by atoms with Gasteiger partial charge in [0.05, 0.1) is 12.1 Å². The van der Waals surface area contributed by atoms with E-state index in [9.17, 15) is 10.5 Å². The minimum absolute atomic E-state index is 0.0326. The number of fused-ring (bicyclic) bond motifs is 1. The third-order valence-electron chi connectivity index (χ3n) is 4.70. The van der Waals surface area contributed by atoms with Crippen LogP contribution < -0.4 is 5.73 Å². The van der Waals surface area contributed by atoms with Gasteiger partial charge in [-0.15, -0.1) is 0 Å². The molecule has 1 aromatic rings. The number of hydrogen-bond donors (Lipinski definition) is 1. The lowest BCUT2D eigenvalue weighted by Gasteiger charge is -2.29. The van der Waals surface area contributed by atoms with Crippen molar-refractivity contribution in [3.05, 3.63) is 34.9 Å². The first kappa shape index (κ1) is 14.8. The fraction of sp³-hybridized carbons (Fsp3) is 0.400. The monoisotopic (exact) mass is 316 g/mol.